The number of carboxylic acid groups (broad SMARTS) is 1. The summed E-state index contributed by atoms with van der Waals surface area (Å²) in [5.41, 5.74) is -1.76. The SMILES string of the molecule is CC(C)C(=O)Nc1cc(C(F)(F)F)ccc1C(=O)O. The zero-order chi connectivity index (χ0) is 14.8. The van der Waals surface area contributed by atoms with Crippen LogP contribution < -0.4 is 5.32 Å². The van der Waals surface area contributed by atoms with Gasteiger partial charge in [-0.2, -0.15) is 13.2 Å². The smallest absolute Gasteiger partial charge is 0.416 e. The summed E-state index contributed by atoms with van der Waals surface area (Å²) in [7, 11) is 0. The van der Waals surface area contributed by atoms with Gasteiger partial charge in [0.2, 0.25) is 5.91 Å². The molecule has 1 aromatic carbocycles. The molecule has 0 spiro atoms. The summed E-state index contributed by atoms with van der Waals surface area (Å²) >= 11 is 0. The first-order valence-electron chi connectivity index (χ1n) is 5.38. The number of carboxylic acids is 1. The number of anilines is 1. The fraction of sp³-hybridized carbons (Fsp3) is 0.333. The van der Waals surface area contributed by atoms with Crippen LogP contribution in [0.25, 0.3) is 0 Å². The van der Waals surface area contributed by atoms with Crippen LogP contribution in [0.1, 0.15) is 29.8 Å². The quantitative estimate of drug-likeness (QED) is 0.891. The Hall–Kier alpha value is -2.05. The van der Waals surface area contributed by atoms with Crippen molar-refractivity contribution in [3.8, 4) is 0 Å². The molecule has 1 amide bonds. The van der Waals surface area contributed by atoms with Crippen LogP contribution in [0.5, 0.6) is 0 Å². The summed E-state index contributed by atoms with van der Waals surface area (Å²) in [5.74, 6) is -2.44. The van der Waals surface area contributed by atoms with Gasteiger partial charge in [-0.25, -0.2) is 4.79 Å². The van der Waals surface area contributed by atoms with Gasteiger partial charge in [-0.15, -0.1) is 0 Å². The van der Waals surface area contributed by atoms with Gasteiger partial charge in [-0.05, 0) is 18.2 Å². The zero-order valence-electron chi connectivity index (χ0n) is 10.2. The number of alkyl halides is 3. The van der Waals surface area contributed by atoms with Gasteiger partial charge in [0, 0.05) is 5.92 Å². The Balaban J connectivity index is 3.24. The van der Waals surface area contributed by atoms with E-state index in [4.69, 9.17) is 5.11 Å². The van der Waals surface area contributed by atoms with E-state index in [0.29, 0.717) is 12.1 Å². The van der Waals surface area contributed by atoms with Gasteiger partial charge in [-0.1, -0.05) is 13.8 Å². The van der Waals surface area contributed by atoms with E-state index in [0.717, 1.165) is 6.07 Å². The molecule has 0 saturated carbocycles. The van der Waals surface area contributed by atoms with E-state index in [1.54, 1.807) is 13.8 Å². The van der Waals surface area contributed by atoms with Crippen LogP contribution in [0.3, 0.4) is 0 Å². The van der Waals surface area contributed by atoms with Crippen molar-refractivity contribution in [2.24, 2.45) is 5.92 Å². The summed E-state index contributed by atoms with van der Waals surface area (Å²) in [6, 6.07) is 2.10. The topological polar surface area (TPSA) is 66.4 Å². The Kier molecular flexibility index (Phi) is 4.18. The second-order valence-electron chi connectivity index (χ2n) is 4.21. The number of benzene rings is 1. The maximum atomic E-state index is 12.5. The molecule has 1 aromatic rings. The van der Waals surface area contributed by atoms with E-state index in [1.165, 1.54) is 0 Å². The minimum Gasteiger partial charge on any atom is -0.478 e. The molecule has 1 rings (SSSR count). The molecule has 104 valence electrons. The van der Waals surface area contributed by atoms with E-state index < -0.39 is 29.5 Å². The van der Waals surface area contributed by atoms with Crippen molar-refractivity contribution in [3.05, 3.63) is 29.3 Å². The van der Waals surface area contributed by atoms with Gasteiger partial charge in [-0.3, -0.25) is 4.79 Å². The lowest BCUT2D eigenvalue weighted by molar-refractivity contribution is -0.137. The monoisotopic (exact) mass is 275 g/mol. The van der Waals surface area contributed by atoms with Crippen molar-refractivity contribution < 1.29 is 27.9 Å². The lowest BCUT2D eigenvalue weighted by atomic mass is 10.1. The summed E-state index contributed by atoms with van der Waals surface area (Å²) in [5, 5.41) is 11.1. The molecule has 0 heterocycles. The Morgan fingerprint density at radius 2 is 1.84 bits per heavy atom. The molecule has 0 unspecified atom stereocenters. The fourth-order valence-electron chi connectivity index (χ4n) is 1.29. The van der Waals surface area contributed by atoms with E-state index in [9.17, 15) is 22.8 Å². The van der Waals surface area contributed by atoms with Gasteiger partial charge < -0.3 is 10.4 Å². The van der Waals surface area contributed by atoms with E-state index in [1.807, 2.05) is 0 Å². The molecule has 2 N–H and O–H groups in total. The van der Waals surface area contributed by atoms with Gasteiger partial charge >= 0.3 is 12.1 Å². The second kappa shape index (κ2) is 5.29. The lowest BCUT2D eigenvalue weighted by Crippen LogP contribution is -2.20. The fourth-order valence-corrected chi connectivity index (χ4v) is 1.29. The molecular weight excluding hydrogens is 263 g/mol. The Bertz CT molecular complexity index is 509. The lowest BCUT2D eigenvalue weighted by Gasteiger charge is -2.13. The largest absolute Gasteiger partial charge is 0.478 e. The highest BCUT2D eigenvalue weighted by molar-refractivity contribution is 6.01. The standard InChI is InChI=1S/C12H12F3NO3/c1-6(2)10(17)16-9-5-7(12(13,14)15)3-4-8(9)11(18)19/h3-6H,1-2H3,(H,16,17)(H,18,19). The first-order valence-corrected chi connectivity index (χ1v) is 5.38. The molecule has 0 bridgehead atoms. The third kappa shape index (κ3) is 3.70. The predicted octanol–water partition coefficient (Wildman–Crippen LogP) is 3.00. The number of hydrogen-bond donors (Lipinski definition) is 2. The minimum absolute atomic E-state index is 0.360. The Morgan fingerprint density at radius 3 is 2.26 bits per heavy atom. The molecule has 4 nitrogen and oxygen atoms in total. The Labute approximate surface area is 107 Å². The van der Waals surface area contributed by atoms with Crippen molar-refractivity contribution in [1.29, 1.82) is 0 Å². The van der Waals surface area contributed by atoms with Crippen LogP contribution in [-0.2, 0) is 11.0 Å². The molecule has 0 aliphatic carbocycles. The molecule has 0 aromatic heterocycles. The molecule has 7 heteroatoms. The number of carbonyl (C=O) groups excluding carboxylic acids is 1. The number of hydrogen-bond acceptors (Lipinski definition) is 2. The molecule has 0 radical (unpaired) electrons. The number of aromatic carboxylic acids is 1. The summed E-state index contributed by atoms with van der Waals surface area (Å²) in [4.78, 5) is 22.4. The molecule has 0 aliphatic rings. The second-order valence-corrected chi connectivity index (χ2v) is 4.21. The van der Waals surface area contributed by atoms with Gasteiger partial charge in [0.05, 0.1) is 16.8 Å². The molecule has 0 atom stereocenters. The number of amides is 1. The van der Waals surface area contributed by atoms with Crippen LogP contribution in [0.15, 0.2) is 18.2 Å². The molecule has 0 saturated heterocycles. The summed E-state index contributed by atoms with van der Waals surface area (Å²) in [6.45, 7) is 3.09. The first kappa shape index (κ1) is 15.0. The molecule has 19 heavy (non-hydrogen) atoms. The van der Waals surface area contributed by atoms with Crippen molar-refractivity contribution in [3.63, 3.8) is 0 Å². The highest BCUT2D eigenvalue weighted by atomic mass is 19.4. The average molecular weight is 275 g/mol. The van der Waals surface area contributed by atoms with E-state index in [2.05, 4.69) is 5.32 Å². The van der Waals surface area contributed by atoms with Crippen LogP contribution in [0.2, 0.25) is 0 Å². The number of nitrogens with one attached hydrogen (secondary N) is 1. The third-order valence-corrected chi connectivity index (χ3v) is 2.36. The van der Waals surface area contributed by atoms with Crippen LogP contribution >= 0.6 is 0 Å². The number of halogens is 3. The van der Waals surface area contributed by atoms with Crippen molar-refractivity contribution in [1.82, 2.24) is 0 Å². The van der Waals surface area contributed by atoms with Crippen molar-refractivity contribution in [2.75, 3.05) is 5.32 Å². The zero-order valence-corrected chi connectivity index (χ0v) is 10.2. The van der Waals surface area contributed by atoms with Gasteiger partial charge in [0.1, 0.15) is 0 Å². The summed E-state index contributed by atoms with van der Waals surface area (Å²) in [6.07, 6.45) is -4.60. The average Bonchev–Trinajstić information content (AvgIpc) is 2.27. The molecule has 0 fully saturated rings. The van der Waals surface area contributed by atoms with Crippen LogP contribution in [-0.4, -0.2) is 17.0 Å². The van der Waals surface area contributed by atoms with E-state index in [-0.39, 0.29) is 11.3 Å². The van der Waals surface area contributed by atoms with E-state index >= 15 is 0 Å². The summed E-state index contributed by atoms with van der Waals surface area (Å²) < 4.78 is 37.6. The molecular formula is C12H12F3NO3. The number of rotatable bonds is 3. The van der Waals surface area contributed by atoms with Crippen LogP contribution in [0, 0.1) is 5.92 Å². The minimum atomic E-state index is -4.60. The van der Waals surface area contributed by atoms with Crippen molar-refractivity contribution >= 4 is 17.6 Å². The predicted molar refractivity (Wildman–Crippen MR) is 61.9 cm³/mol. The Morgan fingerprint density at radius 1 is 1.26 bits per heavy atom. The maximum Gasteiger partial charge on any atom is 0.416 e. The number of carbonyl (C=O) groups is 2. The highest BCUT2D eigenvalue weighted by Gasteiger charge is 2.31. The normalized spacial score (nSPS) is 11.5. The third-order valence-electron chi connectivity index (χ3n) is 2.36. The van der Waals surface area contributed by atoms with Gasteiger partial charge in [0.15, 0.2) is 0 Å². The highest BCUT2D eigenvalue weighted by Crippen LogP contribution is 2.32. The first-order chi connectivity index (χ1) is 8.62. The van der Waals surface area contributed by atoms with Crippen molar-refractivity contribution in [2.45, 2.75) is 20.0 Å². The molecule has 0 aliphatic heterocycles. The maximum absolute atomic E-state index is 12.5. The van der Waals surface area contributed by atoms with Gasteiger partial charge in [0.25, 0.3) is 0 Å². The van der Waals surface area contributed by atoms with Crippen LogP contribution in [0.4, 0.5) is 18.9 Å².